The quantitative estimate of drug-likeness (QED) is 0.681. The fraction of sp³-hybridized carbons (Fsp3) is 1.00. The lowest BCUT2D eigenvalue weighted by atomic mass is 9.91. The molecule has 0 unspecified atom stereocenters. The van der Waals surface area contributed by atoms with E-state index in [-0.39, 0.29) is 6.10 Å². The summed E-state index contributed by atoms with van der Waals surface area (Å²) in [6.45, 7) is 1.36. The average Bonchev–Trinajstić information content (AvgIpc) is 2.65. The second-order valence-electron chi connectivity index (χ2n) is 4.25. The second-order valence-corrected chi connectivity index (χ2v) is 4.25. The van der Waals surface area contributed by atoms with Crippen molar-refractivity contribution >= 4 is 0 Å². The summed E-state index contributed by atoms with van der Waals surface area (Å²) < 4.78 is 5.23. The van der Waals surface area contributed by atoms with Crippen molar-refractivity contribution < 1.29 is 9.84 Å². The van der Waals surface area contributed by atoms with Crippen molar-refractivity contribution in [2.24, 2.45) is 11.8 Å². The zero-order valence-electron chi connectivity index (χ0n) is 7.54. The van der Waals surface area contributed by atoms with Crippen LogP contribution in [0.2, 0.25) is 0 Å². The van der Waals surface area contributed by atoms with Crippen molar-refractivity contribution in [1.29, 1.82) is 0 Å². The lowest BCUT2D eigenvalue weighted by Crippen LogP contribution is -2.20. The lowest BCUT2D eigenvalue weighted by Gasteiger charge is -2.16. The zero-order valence-corrected chi connectivity index (χ0v) is 7.54. The summed E-state index contributed by atoms with van der Waals surface area (Å²) >= 11 is 0. The van der Waals surface area contributed by atoms with Gasteiger partial charge < -0.3 is 9.84 Å². The van der Waals surface area contributed by atoms with E-state index < -0.39 is 0 Å². The smallest absolute Gasteiger partial charge is 0.0823 e. The third-order valence-corrected chi connectivity index (χ3v) is 3.28. The molecule has 1 aliphatic carbocycles. The van der Waals surface area contributed by atoms with Gasteiger partial charge in [0, 0.05) is 5.92 Å². The fourth-order valence-electron chi connectivity index (χ4n) is 2.49. The Hall–Kier alpha value is -0.0800. The highest BCUT2D eigenvalue weighted by molar-refractivity contribution is 4.79. The summed E-state index contributed by atoms with van der Waals surface area (Å²) in [6, 6.07) is 0. The third-order valence-electron chi connectivity index (χ3n) is 3.28. The maximum Gasteiger partial charge on any atom is 0.0823 e. The van der Waals surface area contributed by atoms with E-state index in [1.165, 1.54) is 32.1 Å². The number of aliphatic hydroxyl groups is 1. The van der Waals surface area contributed by atoms with Crippen LogP contribution in [0.4, 0.5) is 0 Å². The standard InChI is InChI=1S/C10H18O2/c11-10-7-12-6-9(10)5-8-3-1-2-4-8/h8-11H,1-7H2/t9-,10-/m1/s1. The Bertz CT molecular complexity index is 141. The SMILES string of the molecule is O[C@@H]1COC[C@H]1CC1CCCC1. The van der Waals surface area contributed by atoms with E-state index in [9.17, 15) is 5.11 Å². The molecule has 0 aromatic heterocycles. The van der Waals surface area contributed by atoms with Crippen molar-refractivity contribution in [3.05, 3.63) is 0 Å². The second kappa shape index (κ2) is 3.75. The van der Waals surface area contributed by atoms with Gasteiger partial charge in [0.1, 0.15) is 0 Å². The molecule has 0 aromatic rings. The topological polar surface area (TPSA) is 29.5 Å². The van der Waals surface area contributed by atoms with Gasteiger partial charge in [-0.1, -0.05) is 25.7 Å². The molecule has 2 fully saturated rings. The van der Waals surface area contributed by atoms with Crippen molar-refractivity contribution in [3.8, 4) is 0 Å². The average molecular weight is 170 g/mol. The molecule has 12 heavy (non-hydrogen) atoms. The van der Waals surface area contributed by atoms with Crippen LogP contribution in [0, 0.1) is 11.8 Å². The molecule has 2 heteroatoms. The first-order valence-electron chi connectivity index (χ1n) is 5.12. The molecule has 0 aromatic carbocycles. The van der Waals surface area contributed by atoms with Crippen LogP contribution in [0.1, 0.15) is 32.1 Å². The normalized spacial score (nSPS) is 37.8. The molecule has 2 nitrogen and oxygen atoms in total. The zero-order chi connectivity index (χ0) is 8.39. The number of hydrogen-bond acceptors (Lipinski definition) is 2. The Morgan fingerprint density at radius 1 is 1.17 bits per heavy atom. The van der Waals surface area contributed by atoms with Crippen molar-refractivity contribution in [3.63, 3.8) is 0 Å². The van der Waals surface area contributed by atoms with Crippen LogP contribution >= 0.6 is 0 Å². The highest BCUT2D eigenvalue weighted by Crippen LogP contribution is 2.32. The van der Waals surface area contributed by atoms with Gasteiger partial charge in [0.2, 0.25) is 0 Å². The van der Waals surface area contributed by atoms with Gasteiger partial charge in [0.05, 0.1) is 19.3 Å². The van der Waals surface area contributed by atoms with Gasteiger partial charge in [0.25, 0.3) is 0 Å². The van der Waals surface area contributed by atoms with Crippen molar-refractivity contribution in [2.45, 2.75) is 38.2 Å². The summed E-state index contributed by atoms with van der Waals surface area (Å²) in [5.74, 6) is 1.32. The molecule has 0 radical (unpaired) electrons. The molecule has 2 aliphatic rings. The molecule has 2 atom stereocenters. The Morgan fingerprint density at radius 3 is 2.50 bits per heavy atom. The first kappa shape index (κ1) is 8.52. The molecule has 1 saturated heterocycles. The molecular formula is C10H18O2. The van der Waals surface area contributed by atoms with Crippen LogP contribution in [-0.2, 0) is 4.74 Å². The van der Waals surface area contributed by atoms with Crippen molar-refractivity contribution in [1.82, 2.24) is 0 Å². The van der Waals surface area contributed by atoms with Gasteiger partial charge in [-0.05, 0) is 12.3 Å². The maximum atomic E-state index is 9.52. The summed E-state index contributed by atoms with van der Waals surface area (Å²) in [6.07, 6.45) is 6.57. The number of ether oxygens (including phenoxy) is 1. The Labute approximate surface area is 73.9 Å². The Balaban J connectivity index is 1.77. The first-order valence-corrected chi connectivity index (χ1v) is 5.12. The third kappa shape index (κ3) is 1.80. The number of aliphatic hydroxyl groups excluding tert-OH is 1. The number of hydrogen-bond donors (Lipinski definition) is 1. The maximum absolute atomic E-state index is 9.52. The van der Waals surface area contributed by atoms with Gasteiger partial charge >= 0.3 is 0 Å². The molecular weight excluding hydrogens is 152 g/mol. The van der Waals surface area contributed by atoms with Crippen LogP contribution in [0.15, 0.2) is 0 Å². The van der Waals surface area contributed by atoms with E-state index in [2.05, 4.69) is 0 Å². The van der Waals surface area contributed by atoms with Gasteiger partial charge in [-0.15, -0.1) is 0 Å². The monoisotopic (exact) mass is 170 g/mol. The van der Waals surface area contributed by atoms with Crippen LogP contribution in [-0.4, -0.2) is 24.4 Å². The van der Waals surface area contributed by atoms with Gasteiger partial charge in [-0.2, -0.15) is 0 Å². The molecule has 2 rings (SSSR count). The van der Waals surface area contributed by atoms with E-state index >= 15 is 0 Å². The molecule has 1 aliphatic heterocycles. The summed E-state index contributed by atoms with van der Waals surface area (Å²) in [5, 5.41) is 9.52. The molecule has 1 heterocycles. The summed E-state index contributed by atoms with van der Waals surface area (Å²) in [5.41, 5.74) is 0. The van der Waals surface area contributed by atoms with Crippen LogP contribution < -0.4 is 0 Å². The molecule has 70 valence electrons. The Morgan fingerprint density at radius 2 is 1.92 bits per heavy atom. The first-order chi connectivity index (χ1) is 5.86. The van der Waals surface area contributed by atoms with Gasteiger partial charge in [0.15, 0.2) is 0 Å². The minimum absolute atomic E-state index is 0.175. The van der Waals surface area contributed by atoms with Crippen LogP contribution in [0.25, 0.3) is 0 Å². The highest BCUT2D eigenvalue weighted by Gasteiger charge is 2.29. The van der Waals surface area contributed by atoms with Crippen molar-refractivity contribution in [2.75, 3.05) is 13.2 Å². The Kier molecular flexibility index (Phi) is 2.66. The lowest BCUT2D eigenvalue weighted by molar-refractivity contribution is 0.114. The molecule has 0 bridgehead atoms. The van der Waals surface area contributed by atoms with Gasteiger partial charge in [-0.3, -0.25) is 0 Å². The highest BCUT2D eigenvalue weighted by atomic mass is 16.5. The minimum Gasteiger partial charge on any atom is -0.390 e. The summed E-state index contributed by atoms with van der Waals surface area (Å²) in [4.78, 5) is 0. The van der Waals surface area contributed by atoms with E-state index in [1.54, 1.807) is 0 Å². The largest absolute Gasteiger partial charge is 0.390 e. The molecule has 0 spiro atoms. The predicted octanol–water partition coefficient (Wildman–Crippen LogP) is 1.57. The molecule has 1 saturated carbocycles. The van der Waals surface area contributed by atoms with Gasteiger partial charge in [-0.25, -0.2) is 0 Å². The number of rotatable bonds is 2. The van der Waals surface area contributed by atoms with E-state index in [0.29, 0.717) is 12.5 Å². The van der Waals surface area contributed by atoms with E-state index in [0.717, 1.165) is 12.5 Å². The van der Waals surface area contributed by atoms with Crippen LogP contribution in [0.3, 0.4) is 0 Å². The molecule has 0 amide bonds. The fourth-order valence-corrected chi connectivity index (χ4v) is 2.49. The van der Waals surface area contributed by atoms with E-state index in [4.69, 9.17) is 4.74 Å². The minimum atomic E-state index is -0.175. The molecule has 1 N–H and O–H groups in total. The summed E-state index contributed by atoms with van der Waals surface area (Å²) in [7, 11) is 0. The van der Waals surface area contributed by atoms with Crippen LogP contribution in [0.5, 0.6) is 0 Å². The van der Waals surface area contributed by atoms with E-state index in [1.807, 2.05) is 0 Å². The predicted molar refractivity (Wildman–Crippen MR) is 46.9 cm³/mol.